The van der Waals surface area contributed by atoms with Crippen LogP contribution in [0.25, 0.3) is 10.8 Å². The second-order valence-corrected chi connectivity index (χ2v) is 4.63. The second kappa shape index (κ2) is 7.46. The van der Waals surface area contributed by atoms with E-state index >= 15 is 0 Å². The summed E-state index contributed by atoms with van der Waals surface area (Å²) in [5.74, 6) is 0.533. The van der Waals surface area contributed by atoms with Gasteiger partial charge in [0.1, 0.15) is 0 Å². The SMILES string of the molecule is Br.N=C1CC1Cc1ccc2ccccc2c1.O=CS. The van der Waals surface area contributed by atoms with Crippen molar-refractivity contribution in [2.24, 2.45) is 5.92 Å². The number of halogens is 1. The van der Waals surface area contributed by atoms with Gasteiger partial charge >= 0.3 is 0 Å². The number of fused-ring (bicyclic) bond motifs is 1. The topological polar surface area (TPSA) is 40.9 Å². The predicted molar refractivity (Wildman–Crippen MR) is 89.5 cm³/mol. The van der Waals surface area contributed by atoms with Gasteiger partial charge in [-0.2, -0.15) is 0 Å². The van der Waals surface area contributed by atoms with Gasteiger partial charge < -0.3 is 5.41 Å². The van der Waals surface area contributed by atoms with Gasteiger partial charge in [-0.3, -0.25) is 4.79 Å². The maximum Gasteiger partial charge on any atom is 0.173 e. The van der Waals surface area contributed by atoms with Gasteiger partial charge in [-0.15, -0.1) is 29.6 Å². The van der Waals surface area contributed by atoms with Crippen molar-refractivity contribution < 1.29 is 4.79 Å². The van der Waals surface area contributed by atoms with Gasteiger partial charge in [0.2, 0.25) is 0 Å². The van der Waals surface area contributed by atoms with Gasteiger partial charge in [-0.1, -0.05) is 42.5 Å². The average molecular weight is 338 g/mol. The summed E-state index contributed by atoms with van der Waals surface area (Å²) in [6.07, 6.45) is 2.05. The van der Waals surface area contributed by atoms with E-state index in [1.54, 1.807) is 0 Å². The fourth-order valence-electron chi connectivity index (χ4n) is 2.05. The molecule has 0 heterocycles. The molecule has 2 aromatic rings. The Kier molecular flexibility index (Phi) is 6.25. The predicted octanol–water partition coefficient (Wildman–Crippen LogP) is 4.11. The van der Waals surface area contributed by atoms with Crippen LogP contribution in [0.4, 0.5) is 0 Å². The van der Waals surface area contributed by atoms with Crippen LogP contribution >= 0.6 is 29.6 Å². The Balaban J connectivity index is 0.000000416. The number of carbonyl (C=O) groups is 1. The first-order valence-corrected chi connectivity index (χ1v) is 6.39. The van der Waals surface area contributed by atoms with Crippen molar-refractivity contribution in [2.45, 2.75) is 12.8 Å². The van der Waals surface area contributed by atoms with Gasteiger partial charge in [-0.25, -0.2) is 0 Å². The highest BCUT2D eigenvalue weighted by Crippen LogP contribution is 2.29. The van der Waals surface area contributed by atoms with Crippen molar-refractivity contribution in [2.75, 3.05) is 0 Å². The van der Waals surface area contributed by atoms with E-state index in [9.17, 15) is 0 Å². The van der Waals surface area contributed by atoms with Gasteiger partial charge in [-0.05, 0) is 29.2 Å². The zero-order valence-electron chi connectivity index (χ0n) is 10.4. The summed E-state index contributed by atoms with van der Waals surface area (Å²) in [5.41, 5.74) is 2.73. The highest BCUT2D eigenvalue weighted by Gasteiger charge is 2.29. The Hall–Kier alpha value is -1.13. The quantitative estimate of drug-likeness (QED) is 0.628. The molecule has 100 valence electrons. The van der Waals surface area contributed by atoms with E-state index in [1.807, 2.05) is 0 Å². The molecular formula is C15H16BrNOS. The van der Waals surface area contributed by atoms with Crippen molar-refractivity contribution >= 4 is 51.7 Å². The van der Waals surface area contributed by atoms with Crippen molar-refractivity contribution in [1.82, 2.24) is 0 Å². The summed E-state index contributed by atoms with van der Waals surface area (Å²) in [5, 5.41) is 10.1. The van der Waals surface area contributed by atoms with Crippen molar-refractivity contribution in [3.8, 4) is 0 Å². The van der Waals surface area contributed by atoms with Crippen LogP contribution < -0.4 is 0 Å². The Bertz CT molecular complexity index is 585. The van der Waals surface area contributed by atoms with Crippen LogP contribution in [0.5, 0.6) is 0 Å². The Morgan fingerprint density at radius 2 is 1.79 bits per heavy atom. The normalized spacial score (nSPS) is 16.1. The van der Waals surface area contributed by atoms with Gasteiger partial charge in [0.25, 0.3) is 0 Å². The highest BCUT2D eigenvalue weighted by atomic mass is 79.9. The molecule has 1 saturated carbocycles. The summed E-state index contributed by atoms with van der Waals surface area (Å²) < 4.78 is 0. The second-order valence-electron chi connectivity index (χ2n) is 4.42. The first-order chi connectivity index (χ1) is 8.74. The smallest absolute Gasteiger partial charge is 0.173 e. The number of hydrogen-bond donors (Lipinski definition) is 2. The molecule has 3 rings (SSSR count). The van der Waals surface area contributed by atoms with E-state index in [0.717, 1.165) is 18.6 Å². The van der Waals surface area contributed by atoms with E-state index in [-0.39, 0.29) is 17.0 Å². The third kappa shape index (κ3) is 4.48. The van der Waals surface area contributed by atoms with Crippen LogP contribution in [0.15, 0.2) is 42.5 Å². The lowest BCUT2D eigenvalue weighted by Gasteiger charge is -2.01. The van der Waals surface area contributed by atoms with Crippen LogP contribution in [0.1, 0.15) is 12.0 Å². The summed E-state index contributed by atoms with van der Waals surface area (Å²) in [7, 11) is 0. The van der Waals surface area contributed by atoms with Gasteiger partial charge in [0.15, 0.2) is 5.62 Å². The Labute approximate surface area is 128 Å². The summed E-state index contributed by atoms with van der Waals surface area (Å²) >= 11 is 3.11. The summed E-state index contributed by atoms with van der Waals surface area (Å²) in [4.78, 5) is 8.67. The minimum Gasteiger partial charge on any atom is -0.309 e. The van der Waals surface area contributed by atoms with E-state index < -0.39 is 0 Å². The average Bonchev–Trinajstić information content (AvgIpc) is 3.06. The van der Waals surface area contributed by atoms with Gasteiger partial charge in [0.05, 0.1) is 0 Å². The number of hydrogen-bond acceptors (Lipinski definition) is 2. The fraction of sp³-hybridized carbons (Fsp3) is 0.200. The molecule has 2 nitrogen and oxygen atoms in total. The van der Waals surface area contributed by atoms with Crippen LogP contribution in [-0.2, 0) is 11.2 Å². The number of carbonyl (C=O) groups excluding carboxylic acids is 1. The highest BCUT2D eigenvalue weighted by molar-refractivity contribution is 8.93. The molecule has 0 spiro atoms. The Morgan fingerprint density at radius 3 is 2.37 bits per heavy atom. The van der Waals surface area contributed by atoms with Crippen LogP contribution in [-0.4, -0.2) is 11.3 Å². The molecule has 1 unspecified atom stereocenters. The number of rotatable bonds is 2. The molecule has 0 aromatic heterocycles. The maximum atomic E-state index is 8.67. The van der Waals surface area contributed by atoms with E-state index in [4.69, 9.17) is 10.2 Å². The standard InChI is InChI=1S/C14H13N.CH2OS.BrH/c15-14-9-13(14)8-10-5-6-11-3-1-2-4-12(11)7-10;2-1-3;/h1-7,13,15H,8-9H2;1H,(H,2,3);1H. The molecule has 4 heteroatoms. The number of benzene rings is 2. The van der Waals surface area contributed by atoms with E-state index in [0.29, 0.717) is 11.5 Å². The molecule has 1 N–H and O–H groups in total. The van der Waals surface area contributed by atoms with Crippen LogP contribution in [0.2, 0.25) is 0 Å². The molecule has 0 radical (unpaired) electrons. The Morgan fingerprint density at radius 1 is 1.21 bits per heavy atom. The van der Waals surface area contributed by atoms with Crippen LogP contribution in [0.3, 0.4) is 0 Å². The molecular weight excluding hydrogens is 322 g/mol. The minimum atomic E-state index is 0. The van der Waals surface area contributed by atoms with Gasteiger partial charge in [0, 0.05) is 11.6 Å². The van der Waals surface area contributed by atoms with E-state index in [1.165, 1.54) is 16.3 Å². The molecule has 1 aliphatic rings. The zero-order chi connectivity index (χ0) is 13.0. The molecule has 1 fully saturated rings. The third-order valence-electron chi connectivity index (χ3n) is 3.09. The monoisotopic (exact) mass is 337 g/mol. The molecule has 19 heavy (non-hydrogen) atoms. The third-order valence-corrected chi connectivity index (χ3v) is 3.09. The molecule has 1 aliphatic carbocycles. The summed E-state index contributed by atoms with van der Waals surface area (Å²) in [6, 6.07) is 15.0. The lowest BCUT2D eigenvalue weighted by Crippen LogP contribution is -1.88. The first kappa shape index (κ1) is 15.9. The van der Waals surface area contributed by atoms with Crippen molar-refractivity contribution in [1.29, 1.82) is 5.41 Å². The lowest BCUT2D eigenvalue weighted by atomic mass is 10.0. The minimum absolute atomic E-state index is 0. The lowest BCUT2D eigenvalue weighted by molar-refractivity contribution is 0.570. The molecule has 0 saturated heterocycles. The summed E-state index contributed by atoms with van der Waals surface area (Å²) in [6.45, 7) is 0. The molecule has 0 bridgehead atoms. The zero-order valence-corrected chi connectivity index (χ0v) is 13.0. The maximum absolute atomic E-state index is 8.67. The first-order valence-electron chi connectivity index (χ1n) is 5.87. The molecule has 1 atom stereocenters. The number of nitrogens with one attached hydrogen (secondary N) is 1. The van der Waals surface area contributed by atoms with E-state index in [2.05, 4.69) is 55.1 Å². The largest absolute Gasteiger partial charge is 0.309 e. The van der Waals surface area contributed by atoms with Crippen molar-refractivity contribution in [3.63, 3.8) is 0 Å². The molecule has 0 amide bonds. The van der Waals surface area contributed by atoms with Crippen molar-refractivity contribution in [3.05, 3.63) is 48.0 Å². The molecule has 2 aromatic carbocycles. The van der Waals surface area contributed by atoms with Crippen LogP contribution in [0, 0.1) is 11.3 Å². The molecule has 0 aliphatic heterocycles. The fourth-order valence-corrected chi connectivity index (χ4v) is 2.05. The number of thiol groups is 1.